The average Bonchev–Trinajstić information content (AvgIpc) is 2.85. The normalized spacial score (nSPS) is 15.1. The van der Waals surface area contributed by atoms with Crippen LogP contribution in [0.25, 0.3) is 11.4 Å². The van der Waals surface area contributed by atoms with E-state index >= 15 is 0 Å². The van der Waals surface area contributed by atoms with Crippen LogP contribution in [-0.2, 0) is 0 Å². The Morgan fingerprint density at radius 2 is 2.00 bits per heavy atom. The molecule has 0 aliphatic carbocycles. The number of rotatable bonds is 4. The highest BCUT2D eigenvalue weighted by Gasteiger charge is 2.25. The highest BCUT2D eigenvalue weighted by molar-refractivity contribution is 5.60. The van der Waals surface area contributed by atoms with Crippen molar-refractivity contribution in [2.45, 2.75) is 5.92 Å². The van der Waals surface area contributed by atoms with Crippen LogP contribution in [0.5, 0.6) is 11.5 Å². The van der Waals surface area contributed by atoms with Crippen LogP contribution in [0, 0.1) is 0 Å². The number of ether oxygens (including phenoxy) is 2. The molecule has 3 rings (SSSR count). The summed E-state index contributed by atoms with van der Waals surface area (Å²) in [4.78, 5) is 4.42. The number of benzene rings is 1. The first kappa shape index (κ1) is 12.0. The van der Waals surface area contributed by atoms with Crippen LogP contribution < -0.4 is 14.8 Å². The van der Waals surface area contributed by atoms with Gasteiger partial charge in [0.15, 0.2) is 11.5 Å². The second-order valence-electron chi connectivity index (χ2n) is 4.38. The van der Waals surface area contributed by atoms with E-state index in [1.54, 1.807) is 14.2 Å². The molecule has 1 N–H and O–H groups in total. The standard InChI is InChI=1S/C13H15N3O3/c1-17-10-4-3-8(5-11(10)18-2)12-15-13(19-16-12)9-6-14-7-9/h3-5,9,14H,6-7H2,1-2H3. The van der Waals surface area contributed by atoms with Gasteiger partial charge < -0.3 is 19.3 Å². The molecular weight excluding hydrogens is 246 g/mol. The lowest BCUT2D eigenvalue weighted by Crippen LogP contribution is -2.40. The zero-order valence-electron chi connectivity index (χ0n) is 10.8. The summed E-state index contributed by atoms with van der Waals surface area (Å²) in [6.07, 6.45) is 0. The fraction of sp³-hybridized carbons (Fsp3) is 0.385. The third-order valence-electron chi connectivity index (χ3n) is 3.21. The maximum Gasteiger partial charge on any atom is 0.232 e. The first-order valence-corrected chi connectivity index (χ1v) is 6.08. The molecule has 1 aromatic heterocycles. The van der Waals surface area contributed by atoms with Gasteiger partial charge in [-0.25, -0.2) is 0 Å². The Labute approximate surface area is 110 Å². The summed E-state index contributed by atoms with van der Waals surface area (Å²) in [5, 5.41) is 7.19. The Hall–Kier alpha value is -2.08. The molecule has 0 saturated carbocycles. The molecule has 0 unspecified atom stereocenters. The molecular formula is C13H15N3O3. The third kappa shape index (κ3) is 2.15. The van der Waals surface area contributed by atoms with E-state index in [-0.39, 0.29) is 0 Å². The van der Waals surface area contributed by atoms with Crippen LogP contribution in [0.15, 0.2) is 22.7 Å². The lowest BCUT2D eigenvalue weighted by Gasteiger charge is -2.22. The molecule has 1 aliphatic rings. The van der Waals surface area contributed by atoms with Gasteiger partial charge in [0.1, 0.15) is 0 Å². The highest BCUT2D eigenvalue weighted by Crippen LogP contribution is 2.31. The average molecular weight is 261 g/mol. The van der Waals surface area contributed by atoms with Crippen molar-refractivity contribution in [1.82, 2.24) is 15.5 Å². The summed E-state index contributed by atoms with van der Waals surface area (Å²) in [5.41, 5.74) is 0.847. The van der Waals surface area contributed by atoms with Crippen LogP contribution in [0.4, 0.5) is 0 Å². The Bertz CT molecular complexity index is 578. The van der Waals surface area contributed by atoms with Crippen molar-refractivity contribution in [1.29, 1.82) is 0 Å². The Morgan fingerprint density at radius 3 is 2.63 bits per heavy atom. The largest absolute Gasteiger partial charge is 0.493 e. The summed E-state index contributed by atoms with van der Waals surface area (Å²) in [7, 11) is 3.21. The summed E-state index contributed by atoms with van der Waals surface area (Å²) in [5.74, 6) is 2.92. The van der Waals surface area contributed by atoms with Crippen molar-refractivity contribution in [3.05, 3.63) is 24.1 Å². The molecule has 0 atom stereocenters. The van der Waals surface area contributed by atoms with Gasteiger partial charge in [0.25, 0.3) is 0 Å². The van der Waals surface area contributed by atoms with Crippen molar-refractivity contribution in [3.8, 4) is 22.9 Å². The van der Waals surface area contributed by atoms with Crippen molar-refractivity contribution >= 4 is 0 Å². The van der Waals surface area contributed by atoms with Gasteiger partial charge >= 0.3 is 0 Å². The minimum absolute atomic E-state index is 0.335. The van der Waals surface area contributed by atoms with E-state index < -0.39 is 0 Å². The molecule has 2 aromatic rings. The van der Waals surface area contributed by atoms with Crippen molar-refractivity contribution in [2.75, 3.05) is 27.3 Å². The molecule has 0 amide bonds. The predicted octanol–water partition coefficient (Wildman–Crippen LogP) is 1.44. The quantitative estimate of drug-likeness (QED) is 0.898. The second kappa shape index (κ2) is 4.89. The van der Waals surface area contributed by atoms with E-state index in [4.69, 9.17) is 14.0 Å². The first-order chi connectivity index (χ1) is 9.31. The molecule has 100 valence electrons. The molecule has 19 heavy (non-hydrogen) atoms. The molecule has 0 spiro atoms. The van der Waals surface area contributed by atoms with Gasteiger partial charge in [-0.05, 0) is 18.2 Å². The van der Waals surface area contributed by atoms with E-state index in [9.17, 15) is 0 Å². The van der Waals surface area contributed by atoms with Gasteiger partial charge in [-0.3, -0.25) is 0 Å². The molecule has 2 heterocycles. The minimum Gasteiger partial charge on any atom is -0.493 e. The van der Waals surface area contributed by atoms with Crippen LogP contribution in [0.3, 0.4) is 0 Å². The van der Waals surface area contributed by atoms with E-state index in [0.717, 1.165) is 18.7 Å². The topological polar surface area (TPSA) is 69.4 Å². The van der Waals surface area contributed by atoms with Gasteiger partial charge in [-0.15, -0.1) is 0 Å². The van der Waals surface area contributed by atoms with Gasteiger partial charge in [-0.2, -0.15) is 4.98 Å². The third-order valence-corrected chi connectivity index (χ3v) is 3.21. The van der Waals surface area contributed by atoms with E-state index in [2.05, 4.69) is 15.5 Å². The molecule has 1 fully saturated rings. The fourth-order valence-electron chi connectivity index (χ4n) is 1.96. The highest BCUT2D eigenvalue weighted by atomic mass is 16.5. The Balaban J connectivity index is 1.90. The van der Waals surface area contributed by atoms with Gasteiger partial charge in [0.05, 0.1) is 20.1 Å². The SMILES string of the molecule is COc1ccc(-c2noc(C3CNC3)n2)cc1OC. The number of hydrogen-bond acceptors (Lipinski definition) is 6. The van der Waals surface area contributed by atoms with E-state index in [0.29, 0.717) is 29.1 Å². The molecule has 6 nitrogen and oxygen atoms in total. The van der Waals surface area contributed by atoms with Crippen LogP contribution in [0.1, 0.15) is 11.8 Å². The zero-order chi connectivity index (χ0) is 13.2. The molecule has 1 aliphatic heterocycles. The summed E-state index contributed by atoms with van der Waals surface area (Å²) < 4.78 is 15.7. The molecule has 0 bridgehead atoms. The lowest BCUT2D eigenvalue weighted by molar-refractivity contribution is 0.308. The van der Waals surface area contributed by atoms with Gasteiger partial charge in [0.2, 0.25) is 11.7 Å². The van der Waals surface area contributed by atoms with Gasteiger partial charge in [0, 0.05) is 18.7 Å². The number of hydrogen-bond donors (Lipinski definition) is 1. The summed E-state index contributed by atoms with van der Waals surface area (Å²) in [6, 6.07) is 5.55. The Morgan fingerprint density at radius 1 is 1.21 bits per heavy atom. The van der Waals surface area contributed by atoms with E-state index in [1.807, 2.05) is 18.2 Å². The summed E-state index contributed by atoms with van der Waals surface area (Å²) >= 11 is 0. The monoisotopic (exact) mass is 261 g/mol. The maximum atomic E-state index is 5.28. The Kier molecular flexibility index (Phi) is 3.08. The number of aromatic nitrogens is 2. The van der Waals surface area contributed by atoms with Crippen molar-refractivity contribution in [3.63, 3.8) is 0 Å². The first-order valence-electron chi connectivity index (χ1n) is 6.08. The lowest BCUT2D eigenvalue weighted by atomic mass is 10.0. The predicted molar refractivity (Wildman–Crippen MR) is 68.4 cm³/mol. The zero-order valence-corrected chi connectivity index (χ0v) is 10.8. The fourth-order valence-corrected chi connectivity index (χ4v) is 1.96. The van der Waals surface area contributed by atoms with Crippen LogP contribution in [-0.4, -0.2) is 37.4 Å². The maximum absolute atomic E-state index is 5.28. The van der Waals surface area contributed by atoms with Crippen LogP contribution >= 0.6 is 0 Å². The smallest absolute Gasteiger partial charge is 0.232 e. The number of methoxy groups -OCH3 is 2. The van der Waals surface area contributed by atoms with Gasteiger partial charge in [-0.1, -0.05) is 5.16 Å². The molecule has 0 radical (unpaired) electrons. The molecule has 1 aromatic carbocycles. The summed E-state index contributed by atoms with van der Waals surface area (Å²) in [6.45, 7) is 1.79. The molecule has 6 heteroatoms. The van der Waals surface area contributed by atoms with Crippen LogP contribution in [0.2, 0.25) is 0 Å². The number of nitrogens with one attached hydrogen (secondary N) is 1. The van der Waals surface area contributed by atoms with Crippen molar-refractivity contribution in [2.24, 2.45) is 0 Å². The second-order valence-corrected chi connectivity index (χ2v) is 4.38. The molecule has 1 saturated heterocycles. The minimum atomic E-state index is 0.335. The van der Waals surface area contributed by atoms with Crippen molar-refractivity contribution < 1.29 is 14.0 Å². The number of nitrogens with zero attached hydrogens (tertiary/aromatic N) is 2. The van der Waals surface area contributed by atoms with E-state index in [1.165, 1.54) is 0 Å².